The minimum atomic E-state index is -3.08. The Morgan fingerprint density at radius 2 is 1.96 bits per heavy atom. The molecule has 0 atom stereocenters. The topological polar surface area (TPSA) is 81.0 Å². The lowest BCUT2D eigenvalue weighted by Gasteiger charge is -2.29. The van der Waals surface area contributed by atoms with Crippen LogP contribution in [0.25, 0.3) is 11.4 Å². The summed E-state index contributed by atoms with van der Waals surface area (Å²) in [5.41, 5.74) is 2.88. The highest BCUT2D eigenvalue weighted by Crippen LogP contribution is 2.24. The van der Waals surface area contributed by atoms with Crippen LogP contribution in [0.4, 0.5) is 0 Å². The number of hydrogen-bond donors (Lipinski definition) is 0. The van der Waals surface area contributed by atoms with Crippen molar-refractivity contribution < 1.29 is 8.42 Å². The first-order chi connectivity index (χ1) is 12.4. The summed E-state index contributed by atoms with van der Waals surface area (Å²) in [7, 11) is -3.08. The Labute approximate surface area is 155 Å². The van der Waals surface area contributed by atoms with Gasteiger partial charge in [0.25, 0.3) is 0 Å². The Balaban J connectivity index is 1.74. The van der Waals surface area contributed by atoms with E-state index in [1.807, 2.05) is 29.9 Å². The van der Waals surface area contributed by atoms with E-state index in [2.05, 4.69) is 17.0 Å². The third kappa shape index (κ3) is 4.48. The summed E-state index contributed by atoms with van der Waals surface area (Å²) in [4.78, 5) is 9.39. The molecule has 142 valence electrons. The van der Waals surface area contributed by atoms with E-state index in [4.69, 9.17) is 4.98 Å². The summed E-state index contributed by atoms with van der Waals surface area (Å²) >= 11 is 0. The first kappa shape index (κ1) is 19.0. The van der Waals surface area contributed by atoms with Crippen LogP contribution >= 0.6 is 0 Å². The Bertz CT molecular complexity index is 854. The Morgan fingerprint density at radius 3 is 2.62 bits per heavy atom. The maximum atomic E-state index is 11.7. The van der Waals surface area contributed by atoms with Crippen molar-refractivity contribution in [1.29, 1.82) is 0 Å². The van der Waals surface area contributed by atoms with E-state index in [-0.39, 0.29) is 0 Å². The van der Waals surface area contributed by atoms with Crippen LogP contribution in [0.3, 0.4) is 0 Å². The molecule has 8 heteroatoms. The van der Waals surface area contributed by atoms with Gasteiger partial charge in [-0.25, -0.2) is 22.7 Å². The van der Waals surface area contributed by atoms with E-state index in [9.17, 15) is 8.42 Å². The molecule has 1 saturated heterocycles. The van der Waals surface area contributed by atoms with Gasteiger partial charge in [-0.15, -0.1) is 0 Å². The van der Waals surface area contributed by atoms with Crippen LogP contribution in [0.2, 0.25) is 0 Å². The highest BCUT2D eigenvalue weighted by atomic mass is 32.2. The van der Waals surface area contributed by atoms with Crippen molar-refractivity contribution in [1.82, 2.24) is 24.1 Å². The molecular formula is C18H27N5O2S. The van der Waals surface area contributed by atoms with E-state index >= 15 is 0 Å². The number of piperidine rings is 1. The van der Waals surface area contributed by atoms with Gasteiger partial charge in [0.15, 0.2) is 0 Å². The van der Waals surface area contributed by atoms with Gasteiger partial charge in [0, 0.05) is 37.9 Å². The monoisotopic (exact) mass is 377 g/mol. The van der Waals surface area contributed by atoms with Crippen molar-refractivity contribution in [2.45, 2.75) is 46.1 Å². The zero-order chi connectivity index (χ0) is 18.7. The van der Waals surface area contributed by atoms with Crippen molar-refractivity contribution in [3.63, 3.8) is 0 Å². The molecule has 3 rings (SSSR count). The molecule has 0 N–H and O–H groups in total. The van der Waals surface area contributed by atoms with Gasteiger partial charge < -0.3 is 0 Å². The lowest BCUT2D eigenvalue weighted by molar-refractivity contribution is 0.271. The molecule has 2 aromatic heterocycles. The zero-order valence-corrected chi connectivity index (χ0v) is 16.5. The molecule has 0 saturated carbocycles. The van der Waals surface area contributed by atoms with Crippen molar-refractivity contribution >= 4 is 10.0 Å². The Morgan fingerprint density at radius 1 is 1.23 bits per heavy atom. The summed E-state index contributed by atoms with van der Waals surface area (Å²) in [6.45, 7) is 6.16. The number of sulfonamides is 1. The van der Waals surface area contributed by atoms with Gasteiger partial charge in [-0.3, -0.25) is 4.68 Å². The summed E-state index contributed by atoms with van der Waals surface area (Å²) in [5.74, 6) is 1.25. The van der Waals surface area contributed by atoms with E-state index in [1.165, 1.54) is 6.26 Å². The second-order valence-corrected chi connectivity index (χ2v) is 9.04. The normalized spacial score (nSPS) is 16.9. The average Bonchev–Trinajstić information content (AvgIpc) is 3.03. The lowest BCUT2D eigenvalue weighted by Crippen LogP contribution is -2.38. The van der Waals surface area contributed by atoms with Crippen LogP contribution in [-0.4, -0.2) is 51.8 Å². The molecular weight excluding hydrogens is 350 g/mol. The molecule has 0 aromatic carbocycles. The highest BCUT2D eigenvalue weighted by Gasteiger charge is 2.25. The summed E-state index contributed by atoms with van der Waals surface area (Å²) in [6.07, 6.45) is 6.60. The third-order valence-electron chi connectivity index (χ3n) is 4.83. The standard InChI is InChI=1S/C18H27N5O2S/c1-4-9-23-17(5-8-19-23)16-12-14(2)20-18(21-16)13-15-6-10-22(11-7-15)26(3,24)25/h5,8,12,15H,4,6-7,9-11,13H2,1-3H3. The SMILES string of the molecule is CCCn1nccc1-c1cc(C)nc(CC2CCN(S(C)(=O)=O)CC2)n1. The molecule has 0 aliphatic carbocycles. The van der Waals surface area contributed by atoms with Gasteiger partial charge >= 0.3 is 0 Å². The van der Waals surface area contributed by atoms with Crippen LogP contribution in [-0.2, 0) is 23.0 Å². The Hall–Kier alpha value is -1.80. The molecule has 0 amide bonds. The number of aryl methyl sites for hydroxylation is 2. The van der Waals surface area contributed by atoms with Crippen molar-refractivity contribution in [2.75, 3.05) is 19.3 Å². The van der Waals surface area contributed by atoms with Gasteiger partial charge in [-0.1, -0.05) is 6.92 Å². The fourth-order valence-corrected chi connectivity index (χ4v) is 4.37. The van der Waals surface area contributed by atoms with Crippen LogP contribution in [0.15, 0.2) is 18.3 Å². The molecule has 1 aliphatic rings. The van der Waals surface area contributed by atoms with E-state index in [0.29, 0.717) is 19.0 Å². The maximum Gasteiger partial charge on any atom is 0.211 e. The molecule has 0 bridgehead atoms. The molecule has 1 aliphatic heterocycles. The van der Waals surface area contributed by atoms with Gasteiger partial charge in [0.1, 0.15) is 5.82 Å². The first-order valence-corrected chi connectivity index (χ1v) is 11.0. The lowest BCUT2D eigenvalue weighted by atomic mass is 9.94. The van der Waals surface area contributed by atoms with Crippen molar-refractivity contribution in [2.24, 2.45) is 5.92 Å². The van der Waals surface area contributed by atoms with Crippen LogP contribution in [0.5, 0.6) is 0 Å². The molecule has 7 nitrogen and oxygen atoms in total. The smallest absolute Gasteiger partial charge is 0.211 e. The average molecular weight is 378 g/mol. The van der Waals surface area contributed by atoms with Crippen LogP contribution in [0.1, 0.15) is 37.7 Å². The molecule has 1 fully saturated rings. The molecule has 0 unspecified atom stereocenters. The maximum absolute atomic E-state index is 11.7. The number of aromatic nitrogens is 4. The second kappa shape index (κ2) is 7.84. The summed E-state index contributed by atoms with van der Waals surface area (Å²) in [6, 6.07) is 3.99. The van der Waals surface area contributed by atoms with Crippen molar-refractivity contribution in [3.8, 4) is 11.4 Å². The molecule has 2 aromatic rings. The largest absolute Gasteiger partial charge is 0.263 e. The fourth-order valence-electron chi connectivity index (χ4n) is 3.50. The minimum absolute atomic E-state index is 0.420. The first-order valence-electron chi connectivity index (χ1n) is 9.18. The molecule has 26 heavy (non-hydrogen) atoms. The number of hydrogen-bond acceptors (Lipinski definition) is 5. The Kier molecular flexibility index (Phi) is 5.72. The molecule has 0 radical (unpaired) electrons. The minimum Gasteiger partial charge on any atom is -0.263 e. The summed E-state index contributed by atoms with van der Waals surface area (Å²) in [5, 5.41) is 4.38. The van der Waals surface area contributed by atoms with E-state index in [1.54, 1.807) is 4.31 Å². The number of rotatable bonds is 6. The van der Waals surface area contributed by atoms with Gasteiger partial charge in [0.05, 0.1) is 17.6 Å². The summed E-state index contributed by atoms with van der Waals surface area (Å²) < 4.78 is 26.8. The predicted molar refractivity (Wildman–Crippen MR) is 101 cm³/mol. The fraction of sp³-hybridized carbons (Fsp3) is 0.611. The van der Waals surface area contributed by atoms with Gasteiger partial charge in [-0.2, -0.15) is 5.10 Å². The van der Waals surface area contributed by atoms with Gasteiger partial charge in [0.2, 0.25) is 10.0 Å². The third-order valence-corrected chi connectivity index (χ3v) is 6.13. The zero-order valence-electron chi connectivity index (χ0n) is 15.7. The number of nitrogens with zero attached hydrogens (tertiary/aromatic N) is 5. The van der Waals surface area contributed by atoms with E-state index in [0.717, 1.165) is 55.1 Å². The highest BCUT2D eigenvalue weighted by molar-refractivity contribution is 7.88. The predicted octanol–water partition coefficient (Wildman–Crippen LogP) is 2.27. The second-order valence-electron chi connectivity index (χ2n) is 7.06. The van der Waals surface area contributed by atoms with Crippen molar-refractivity contribution in [3.05, 3.63) is 29.8 Å². The molecule has 0 spiro atoms. The van der Waals surface area contributed by atoms with Gasteiger partial charge in [-0.05, 0) is 44.2 Å². The quantitative estimate of drug-likeness (QED) is 0.771. The van der Waals surface area contributed by atoms with Crippen LogP contribution < -0.4 is 0 Å². The van der Waals surface area contributed by atoms with Crippen LogP contribution in [0, 0.1) is 12.8 Å². The molecule has 3 heterocycles. The van der Waals surface area contributed by atoms with E-state index < -0.39 is 10.0 Å².